The number of piperazine rings is 1. The van der Waals surface area contributed by atoms with Crippen LogP contribution in [-0.2, 0) is 4.79 Å². The first kappa shape index (κ1) is 18.2. The van der Waals surface area contributed by atoms with Gasteiger partial charge in [0, 0.05) is 63.5 Å². The number of hydrogen-bond donors (Lipinski definition) is 1. The zero-order chi connectivity index (χ0) is 18.7. The third-order valence-electron chi connectivity index (χ3n) is 4.91. The predicted octanol–water partition coefficient (Wildman–Crippen LogP) is 2.14. The predicted molar refractivity (Wildman–Crippen MR) is 103 cm³/mol. The normalized spacial score (nSPS) is 15.2. The zero-order valence-electron chi connectivity index (χ0n) is 15.3. The Bertz CT molecular complexity index is 811. The van der Waals surface area contributed by atoms with Crippen molar-refractivity contribution in [2.75, 3.05) is 51.7 Å². The van der Waals surface area contributed by atoms with Gasteiger partial charge in [0.2, 0.25) is 0 Å². The van der Waals surface area contributed by atoms with Gasteiger partial charge in [-0.1, -0.05) is 24.3 Å². The largest absolute Gasteiger partial charge is 0.481 e. The Morgan fingerprint density at radius 3 is 2.27 bits per heavy atom. The molecule has 0 spiro atoms. The van der Waals surface area contributed by atoms with E-state index in [2.05, 4.69) is 9.80 Å². The third kappa shape index (κ3) is 3.80. The molecule has 3 rings (SSSR count). The Morgan fingerprint density at radius 2 is 1.65 bits per heavy atom. The Kier molecular flexibility index (Phi) is 5.42. The van der Waals surface area contributed by atoms with Gasteiger partial charge in [-0.3, -0.25) is 14.5 Å². The van der Waals surface area contributed by atoms with Gasteiger partial charge in [0.15, 0.2) is 0 Å². The van der Waals surface area contributed by atoms with Crippen molar-refractivity contribution in [2.45, 2.75) is 6.42 Å². The molecule has 1 fully saturated rings. The molecule has 0 atom stereocenters. The molecule has 2 aromatic carbocycles. The summed E-state index contributed by atoms with van der Waals surface area (Å²) in [5, 5.41) is 10.8. The van der Waals surface area contributed by atoms with Crippen LogP contribution >= 0.6 is 0 Å². The molecule has 0 saturated carbocycles. The number of carboxylic acids is 1. The molecule has 0 aliphatic carbocycles. The average Bonchev–Trinajstić information content (AvgIpc) is 2.65. The Balaban J connectivity index is 1.77. The van der Waals surface area contributed by atoms with Gasteiger partial charge in [-0.2, -0.15) is 0 Å². The van der Waals surface area contributed by atoms with Crippen LogP contribution in [0.15, 0.2) is 36.4 Å². The lowest BCUT2D eigenvalue weighted by Crippen LogP contribution is -2.49. The van der Waals surface area contributed by atoms with E-state index in [1.807, 2.05) is 55.4 Å². The number of aliphatic carboxylic acids is 1. The summed E-state index contributed by atoms with van der Waals surface area (Å²) >= 11 is 0. The van der Waals surface area contributed by atoms with Crippen molar-refractivity contribution in [1.82, 2.24) is 9.80 Å². The SMILES string of the molecule is CN(C)c1ccc(C(=O)N2CCN(CCC(=O)O)CC2)c2ccccc12. The van der Waals surface area contributed by atoms with Crippen LogP contribution in [0.4, 0.5) is 5.69 Å². The monoisotopic (exact) mass is 355 g/mol. The van der Waals surface area contributed by atoms with Gasteiger partial charge in [0.1, 0.15) is 0 Å². The maximum absolute atomic E-state index is 13.1. The number of anilines is 1. The first-order valence-electron chi connectivity index (χ1n) is 8.90. The van der Waals surface area contributed by atoms with E-state index in [0.29, 0.717) is 32.7 Å². The zero-order valence-corrected chi connectivity index (χ0v) is 15.3. The summed E-state index contributed by atoms with van der Waals surface area (Å²) in [5.41, 5.74) is 1.82. The number of benzene rings is 2. The van der Waals surface area contributed by atoms with Crippen molar-refractivity contribution in [3.63, 3.8) is 0 Å². The molecule has 0 radical (unpaired) electrons. The van der Waals surface area contributed by atoms with E-state index in [9.17, 15) is 9.59 Å². The maximum atomic E-state index is 13.1. The molecule has 1 heterocycles. The molecule has 0 bridgehead atoms. The third-order valence-corrected chi connectivity index (χ3v) is 4.91. The van der Waals surface area contributed by atoms with E-state index in [1.54, 1.807) is 0 Å². The van der Waals surface area contributed by atoms with Gasteiger partial charge < -0.3 is 14.9 Å². The summed E-state index contributed by atoms with van der Waals surface area (Å²) in [6, 6.07) is 11.9. The van der Waals surface area contributed by atoms with Crippen molar-refractivity contribution in [3.05, 3.63) is 42.0 Å². The highest BCUT2D eigenvalue weighted by atomic mass is 16.4. The van der Waals surface area contributed by atoms with E-state index < -0.39 is 5.97 Å². The summed E-state index contributed by atoms with van der Waals surface area (Å²) < 4.78 is 0. The molecule has 138 valence electrons. The molecule has 6 heteroatoms. The highest BCUT2D eigenvalue weighted by molar-refractivity contribution is 6.10. The lowest BCUT2D eigenvalue weighted by molar-refractivity contribution is -0.137. The molecule has 1 amide bonds. The van der Waals surface area contributed by atoms with Gasteiger partial charge in [0.25, 0.3) is 5.91 Å². The number of fused-ring (bicyclic) bond motifs is 1. The Morgan fingerprint density at radius 1 is 1.00 bits per heavy atom. The molecular formula is C20H25N3O3. The lowest BCUT2D eigenvalue weighted by Gasteiger charge is -2.34. The topological polar surface area (TPSA) is 64.1 Å². The van der Waals surface area contributed by atoms with Crippen LogP contribution in [0.2, 0.25) is 0 Å². The van der Waals surface area contributed by atoms with Crippen LogP contribution in [0, 0.1) is 0 Å². The lowest BCUT2D eigenvalue weighted by atomic mass is 10.0. The van der Waals surface area contributed by atoms with E-state index in [1.165, 1.54) is 0 Å². The maximum Gasteiger partial charge on any atom is 0.304 e. The van der Waals surface area contributed by atoms with Gasteiger partial charge >= 0.3 is 5.97 Å². The highest BCUT2D eigenvalue weighted by Gasteiger charge is 2.24. The van der Waals surface area contributed by atoms with Crippen molar-refractivity contribution in [1.29, 1.82) is 0 Å². The fourth-order valence-corrected chi connectivity index (χ4v) is 3.46. The number of hydrogen-bond acceptors (Lipinski definition) is 4. The molecule has 1 saturated heterocycles. The van der Waals surface area contributed by atoms with E-state index >= 15 is 0 Å². The van der Waals surface area contributed by atoms with Crippen LogP contribution in [0.1, 0.15) is 16.8 Å². The summed E-state index contributed by atoms with van der Waals surface area (Å²) in [6.07, 6.45) is 0.143. The molecule has 1 N–H and O–H groups in total. The molecular weight excluding hydrogens is 330 g/mol. The summed E-state index contributed by atoms with van der Waals surface area (Å²) in [4.78, 5) is 29.8. The summed E-state index contributed by atoms with van der Waals surface area (Å²) in [6.45, 7) is 3.22. The quantitative estimate of drug-likeness (QED) is 0.890. The number of carbonyl (C=O) groups is 2. The van der Waals surface area contributed by atoms with E-state index in [0.717, 1.165) is 22.0 Å². The van der Waals surface area contributed by atoms with Crippen molar-refractivity contribution < 1.29 is 14.7 Å². The first-order chi connectivity index (χ1) is 12.5. The van der Waals surface area contributed by atoms with Gasteiger partial charge in [-0.05, 0) is 17.5 Å². The number of carbonyl (C=O) groups excluding carboxylic acids is 1. The number of carboxylic acid groups (broad SMARTS) is 1. The van der Waals surface area contributed by atoms with Gasteiger partial charge in [-0.15, -0.1) is 0 Å². The number of nitrogens with zero attached hydrogens (tertiary/aromatic N) is 3. The second kappa shape index (κ2) is 7.74. The van der Waals surface area contributed by atoms with Gasteiger partial charge in [-0.25, -0.2) is 0 Å². The summed E-state index contributed by atoms with van der Waals surface area (Å²) in [7, 11) is 4.00. The Labute approximate surface area is 153 Å². The van der Waals surface area contributed by atoms with E-state index in [-0.39, 0.29) is 12.3 Å². The van der Waals surface area contributed by atoms with Crippen molar-refractivity contribution >= 4 is 28.3 Å². The molecule has 1 aliphatic heterocycles. The second-order valence-electron chi connectivity index (χ2n) is 6.85. The average molecular weight is 355 g/mol. The molecule has 0 aromatic heterocycles. The van der Waals surface area contributed by atoms with Crippen molar-refractivity contribution in [2.24, 2.45) is 0 Å². The van der Waals surface area contributed by atoms with Crippen LogP contribution in [-0.4, -0.2) is 73.6 Å². The molecule has 0 unspecified atom stereocenters. The number of amides is 1. The molecule has 26 heavy (non-hydrogen) atoms. The fraction of sp³-hybridized carbons (Fsp3) is 0.400. The second-order valence-corrected chi connectivity index (χ2v) is 6.85. The van der Waals surface area contributed by atoms with E-state index in [4.69, 9.17) is 5.11 Å². The summed E-state index contributed by atoms with van der Waals surface area (Å²) in [5.74, 6) is -0.736. The number of rotatable bonds is 5. The van der Waals surface area contributed by atoms with Crippen LogP contribution in [0.3, 0.4) is 0 Å². The fourth-order valence-electron chi connectivity index (χ4n) is 3.46. The minimum atomic E-state index is -0.782. The van der Waals surface area contributed by atoms with Crippen LogP contribution < -0.4 is 4.90 Å². The van der Waals surface area contributed by atoms with Crippen LogP contribution in [0.5, 0.6) is 0 Å². The smallest absolute Gasteiger partial charge is 0.304 e. The molecule has 6 nitrogen and oxygen atoms in total. The highest BCUT2D eigenvalue weighted by Crippen LogP contribution is 2.29. The molecule has 1 aliphatic rings. The van der Waals surface area contributed by atoms with Crippen LogP contribution in [0.25, 0.3) is 10.8 Å². The minimum absolute atomic E-state index is 0.0457. The first-order valence-corrected chi connectivity index (χ1v) is 8.90. The Hall–Kier alpha value is -2.60. The standard InChI is InChI=1S/C20H25N3O3/c1-21(2)18-8-7-17(15-5-3-4-6-16(15)18)20(26)23-13-11-22(12-14-23)10-9-19(24)25/h3-8H,9-14H2,1-2H3,(H,24,25). The van der Waals surface area contributed by atoms with Gasteiger partial charge in [0.05, 0.1) is 6.42 Å². The van der Waals surface area contributed by atoms with Crippen molar-refractivity contribution in [3.8, 4) is 0 Å². The minimum Gasteiger partial charge on any atom is -0.481 e. The molecule has 2 aromatic rings.